The summed E-state index contributed by atoms with van der Waals surface area (Å²) < 4.78 is 14.4. The van der Waals surface area contributed by atoms with Crippen LogP contribution in [-0.2, 0) is 4.79 Å². The van der Waals surface area contributed by atoms with E-state index < -0.39 is 5.82 Å². The number of carbonyl (C=O) groups is 1. The highest BCUT2D eigenvalue weighted by Crippen LogP contribution is 2.32. The van der Waals surface area contributed by atoms with Crippen LogP contribution in [0, 0.1) is 12.7 Å². The maximum atomic E-state index is 14.4. The van der Waals surface area contributed by atoms with E-state index in [1.54, 1.807) is 24.3 Å². The largest absolute Gasteiger partial charge is 0.337 e. The van der Waals surface area contributed by atoms with Gasteiger partial charge in [0.1, 0.15) is 12.1 Å². The molecule has 1 saturated heterocycles. The van der Waals surface area contributed by atoms with Gasteiger partial charge in [-0.2, -0.15) is 0 Å². The molecule has 0 saturated carbocycles. The molecule has 4 rings (SSSR count). The van der Waals surface area contributed by atoms with E-state index in [1.165, 1.54) is 12.4 Å². The normalized spacial score (nSPS) is 16.8. The van der Waals surface area contributed by atoms with E-state index in [0.717, 1.165) is 24.9 Å². The fourth-order valence-electron chi connectivity index (χ4n) is 3.83. The van der Waals surface area contributed by atoms with E-state index in [9.17, 15) is 9.18 Å². The second kappa shape index (κ2) is 8.99. The van der Waals surface area contributed by atoms with E-state index in [1.807, 2.05) is 19.1 Å². The van der Waals surface area contributed by atoms with Gasteiger partial charge < -0.3 is 10.6 Å². The second-order valence-corrected chi connectivity index (χ2v) is 8.03. The first kappa shape index (κ1) is 21.2. The summed E-state index contributed by atoms with van der Waals surface area (Å²) in [5.41, 5.74) is 2.32. The van der Waals surface area contributed by atoms with E-state index in [-0.39, 0.29) is 16.6 Å². The Balaban J connectivity index is 1.62. The minimum absolute atomic E-state index is 0.0210. The molecule has 2 aromatic carbocycles. The number of aromatic nitrogens is 2. The third kappa shape index (κ3) is 4.52. The molecule has 1 aliphatic heterocycles. The number of nitrogens with one attached hydrogen (secondary N) is 2. The second-order valence-electron chi connectivity index (χ2n) is 7.62. The van der Waals surface area contributed by atoms with E-state index in [2.05, 4.69) is 32.5 Å². The minimum Gasteiger partial charge on any atom is -0.337 e. The van der Waals surface area contributed by atoms with Crippen LogP contribution in [0.2, 0.25) is 5.02 Å². The van der Waals surface area contributed by atoms with E-state index in [0.29, 0.717) is 28.5 Å². The van der Waals surface area contributed by atoms with Crippen LogP contribution in [0.25, 0.3) is 10.9 Å². The molecule has 6 nitrogen and oxygen atoms in total. The summed E-state index contributed by atoms with van der Waals surface area (Å²) in [4.78, 5) is 23.3. The van der Waals surface area contributed by atoms with Crippen molar-refractivity contribution in [3.8, 4) is 0 Å². The lowest BCUT2D eigenvalue weighted by molar-refractivity contribution is -0.111. The third-order valence-electron chi connectivity index (χ3n) is 5.57. The van der Waals surface area contributed by atoms with Crippen molar-refractivity contribution in [3.05, 3.63) is 65.2 Å². The number of amides is 1. The molecular formula is C23H23ClFN5O. The van der Waals surface area contributed by atoms with Crippen molar-refractivity contribution in [1.29, 1.82) is 0 Å². The van der Waals surface area contributed by atoms with Gasteiger partial charge in [-0.15, -0.1) is 0 Å². The molecule has 0 aliphatic carbocycles. The molecule has 8 heteroatoms. The summed E-state index contributed by atoms with van der Waals surface area (Å²) in [6.45, 7) is 2.92. The van der Waals surface area contributed by atoms with Gasteiger partial charge in [0.05, 0.1) is 16.2 Å². The first-order valence-electron chi connectivity index (χ1n) is 10.1. The highest BCUT2D eigenvalue weighted by atomic mass is 35.5. The number of anilines is 3. The number of benzene rings is 2. The molecule has 1 amide bonds. The molecule has 31 heavy (non-hydrogen) atoms. The highest BCUT2D eigenvalue weighted by Gasteiger charge is 2.18. The molecule has 0 bridgehead atoms. The molecule has 160 valence electrons. The van der Waals surface area contributed by atoms with Gasteiger partial charge in [0.25, 0.3) is 0 Å². The number of rotatable bonds is 5. The molecule has 3 aromatic rings. The molecule has 1 atom stereocenters. The monoisotopic (exact) mass is 439 g/mol. The van der Waals surface area contributed by atoms with Gasteiger partial charge in [-0.3, -0.25) is 9.69 Å². The van der Waals surface area contributed by atoms with Gasteiger partial charge in [0.2, 0.25) is 5.91 Å². The van der Waals surface area contributed by atoms with Crippen molar-refractivity contribution in [2.75, 3.05) is 24.2 Å². The maximum Gasteiger partial charge on any atom is 0.248 e. The number of carbonyl (C=O) groups excluding carboxylic acids is 1. The summed E-state index contributed by atoms with van der Waals surface area (Å²) in [6, 6.07) is 8.62. The lowest BCUT2D eigenvalue weighted by Gasteiger charge is -2.15. The Kier molecular flexibility index (Phi) is 6.15. The van der Waals surface area contributed by atoms with Crippen LogP contribution in [0.15, 0.2) is 48.8 Å². The third-order valence-corrected chi connectivity index (χ3v) is 5.86. The first-order valence-corrected chi connectivity index (χ1v) is 10.5. The van der Waals surface area contributed by atoms with Gasteiger partial charge in [0, 0.05) is 23.2 Å². The summed E-state index contributed by atoms with van der Waals surface area (Å²) in [5.74, 6) is -0.321. The number of hydrogen-bond donors (Lipinski definition) is 2. The zero-order valence-electron chi connectivity index (χ0n) is 17.3. The first-order chi connectivity index (χ1) is 14.9. The van der Waals surface area contributed by atoms with Crippen molar-refractivity contribution in [2.45, 2.75) is 25.8 Å². The molecular weight excluding hydrogens is 417 g/mol. The Hall–Kier alpha value is -3.03. The maximum absolute atomic E-state index is 14.4. The topological polar surface area (TPSA) is 70.2 Å². The quantitative estimate of drug-likeness (QED) is 0.543. The summed E-state index contributed by atoms with van der Waals surface area (Å²) in [6.07, 6.45) is 7.13. The van der Waals surface area contributed by atoms with Crippen LogP contribution in [-0.4, -0.2) is 40.4 Å². The highest BCUT2D eigenvalue weighted by molar-refractivity contribution is 6.31. The summed E-state index contributed by atoms with van der Waals surface area (Å²) >= 11 is 5.89. The predicted molar refractivity (Wildman–Crippen MR) is 122 cm³/mol. The fraction of sp³-hybridized carbons (Fsp3) is 0.261. The van der Waals surface area contributed by atoms with Gasteiger partial charge in [-0.25, -0.2) is 14.4 Å². The Morgan fingerprint density at radius 1 is 1.26 bits per heavy atom. The molecule has 0 spiro atoms. The molecule has 1 fully saturated rings. The lowest BCUT2D eigenvalue weighted by atomic mass is 10.1. The van der Waals surface area contributed by atoms with Crippen molar-refractivity contribution in [3.63, 3.8) is 0 Å². The number of aryl methyl sites for hydroxylation is 1. The number of likely N-dealkylation sites (tertiary alicyclic amines) is 1. The van der Waals surface area contributed by atoms with Crippen LogP contribution in [0.4, 0.5) is 21.6 Å². The van der Waals surface area contributed by atoms with Gasteiger partial charge >= 0.3 is 0 Å². The zero-order valence-corrected chi connectivity index (χ0v) is 18.1. The number of hydrogen-bond acceptors (Lipinski definition) is 5. The van der Waals surface area contributed by atoms with Gasteiger partial charge in [0.15, 0.2) is 5.82 Å². The van der Waals surface area contributed by atoms with Crippen LogP contribution in [0.1, 0.15) is 18.4 Å². The van der Waals surface area contributed by atoms with Crippen LogP contribution >= 0.6 is 11.6 Å². The Morgan fingerprint density at radius 2 is 2.10 bits per heavy atom. The van der Waals surface area contributed by atoms with E-state index in [4.69, 9.17) is 11.6 Å². The lowest BCUT2D eigenvalue weighted by Crippen LogP contribution is -2.23. The number of nitrogens with zero attached hydrogens (tertiary/aromatic N) is 3. The zero-order chi connectivity index (χ0) is 22.0. The smallest absolute Gasteiger partial charge is 0.248 e. The number of fused-ring (bicyclic) bond motifs is 1. The average molecular weight is 440 g/mol. The Bertz CT molecular complexity index is 1170. The molecule has 1 aliphatic rings. The van der Waals surface area contributed by atoms with Crippen LogP contribution in [0.3, 0.4) is 0 Å². The standard InChI is InChI=1S/C23H23ClFN5O/c1-14-17(28-20(31)11-8-15-5-4-12-30(15)2)9-10-18-21(14)23(27-13-26-18)29-19-7-3-6-16(24)22(19)25/h3,6-11,13,15H,4-5,12H2,1-2H3,(H,28,31)(H,26,27,29)/b11-8+. The SMILES string of the molecule is Cc1c(NC(=O)/C=C/C2CCCN2C)ccc2ncnc(Nc3cccc(Cl)c3F)c12. The average Bonchev–Trinajstić information content (AvgIpc) is 3.17. The number of halogens is 2. The van der Waals surface area contributed by atoms with Crippen molar-refractivity contribution in [1.82, 2.24) is 14.9 Å². The molecule has 1 aromatic heterocycles. The Morgan fingerprint density at radius 3 is 2.87 bits per heavy atom. The van der Waals surface area contributed by atoms with Crippen LogP contribution < -0.4 is 10.6 Å². The molecule has 1 unspecified atom stereocenters. The van der Waals surface area contributed by atoms with Crippen LogP contribution in [0.5, 0.6) is 0 Å². The van der Waals surface area contributed by atoms with Crippen molar-refractivity contribution in [2.24, 2.45) is 0 Å². The summed E-state index contributed by atoms with van der Waals surface area (Å²) in [7, 11) is 2.06. The molecule has 2 N–H and O–H groups in total. The van der Waals surface area contributed by atoms with Gasteiger partial charge in [-0.1, -0.05) is 23.7 Å². The fourth-order valence-corrected chi connectivity index (χ4v) is 4.00. The van der Waals surface area contributed by atoms with Gasteiger partial charge in [-0.05, 0) is 63.2 Å². The predicted octanol–water partition coefficient (Wildman–Crippen LogP) is 5.06. The molecule has 2 heterocycles. The van der Waals surface area contributed by atoms with E-state index >= 15 is 0 Å². The van der Waals surface area contributed by atoms with Crippen molar-refractivity contribution < 1.29 is 9.18 Å². The number of likely N-dealkylation sites (N-methyl/N-ethyl adjacent to an activating group) is 1. The Labute approximate surface area is 185 Å². The summed E-state index contributed by atoms with van der Waals surface area (Å²) in [5, 5.41) is 6.65. The van der Waals surface area contributed by atoms with Crippen molar-refractivity contribution >= 4 is 45.6 Å². The minimum atomic E-state index is -0.556. The molecule has 0 radical (unpaired) electrons.